The Kier molecular flexibility index (Phi) is 5.56. The highest BCUT2D eigenvalue weighted by Crippen LogP contribution is 2.21. The van der Waals surface area contributed by atoms with E-state index in [2.05, 4.69) is 22.8 Å². The third-order valence-corrected chi connectivity index (χ3v) is 4.87. The highest BCUT2D eigenvalue weighted by atomic mass is 16.2. The van der Waals surface area contributed by atoms with Crippen molar-refractivity contribution >= 4 is 17.5 Å². The molecular formula is C24H24N4O. The average Bonchev–Trinajstić information content (AvgIpc) is 3.08. The Morgan fingerprint density at radius 3 is 2.34 bits per heavy atom. The van der Waals surface area contributed by atoms with Crippen LogP contribution in [0.5, 0.6) is 0 Å². The van der Waals surface area contributed by atoms with Gasteiger partial charge in [0.2, 0.25) is 0 Å². The van der Waals surface area contributed by atoms with Gasteiger partial charge in [-0.05, 0) is 48.6 Å². The van der Waals surface area contributed by atoms with Gasteiger partial charge < -0.3 is 5.32 Å². The third-order valence-electron chi connectivity index (χ3n) is 4.87. The van der Waals surface area contributed by atoms with Crippen LogP contribution in [0.15, 0.2) is 79.0 Å². The van der Waals surface area contributed by atoms with Gasteiger partial charge >= 0.3 is 6.03 Å². The normalized spacial score (nSPS) is 10.8. The average molecular weight is 384 g/mol. The molecule has 2 heterocycles. The molecule has 146 valence electrons. The number of hydrogen-bond donors (Lipinski definition) is 2. The van der Waals surface area contributed by atoms with Gasteiger partial charge in [0.05, 0.1) is 5.69 Å². The summed E-state index contributed by atoms with van der Waals surface area (Å²) in [6.45, 7) is 2.51. The first-order valence-corrected chi connectivity index (χ1v) is 9.79. The minimum atomic E-state index is -0.239. The molecule has 29 heavy (non-hydrogen) atoms. The molecule has 0 unspecified atom stereocenters. The molecule has 2 aromatic heterocycles. The van der Waals surface area contributed by atoms with Crippen LogP contribution in [0.25, 0.3) is 5.65 Å². The zero-order valence-corrected chi connectivity index (χ0v) is 16.4. The molecule has 2 aromatic carbocycles. The van der Waals surface area contributed by atoms with Crippen molar-refractivity contribution in [1.82, 2.24) is 14.7 Å². The van der Waals surface area contributed by atoms with E-state index in [4.69, 9.17) is 4.98 Å². The van der Waals surface area contributed by atoms with Crippen LogP contribution in [0.1, 0.15) is 22.4 Å². The topological polar surface area (TPSA) is 58.4 Å². The van der Waals surface area contributed by atoms with Crippen molar-refractivity contribution in [3.05, 3.63) is 101 Å². The number of urea groups is 1. The summed E-state index contributed by atoms with van der Waals surface area (Å²) in [7, 11) is 0. The van der Waals surface area contributed by atoms with Gasteiger partial charge in [-0.15, -0.1) is 0 Å². The summed E-state index contributed by atoms with van der Waals surface area (Å²) in [5.41, 5.74) is 5.17. The van der Waals surface area contributed by atoms with Crippen LogP contribution >= 0.6 is 0 Å². The van der Waals surface area contributed by atoms with E-state index in [0.717, 1.165) is 41.1 Å². The van der Waals surface area contributed by atoms with Crippen LogP contribution in [0, 0.1) is 6.92 Å². The lowest BCUT2D eigenvalue weighted by atomic mass is 10.1. The summed E-state index contributed by atoms with van der Waals surface area (Å²) in [6.07, 6.45) is 3.57. The molecule has 0 atom stereocenters. The van der Waals surface area contributed by atoms with E-state index >= 15 is 0 Å². The zero-order chi connectivity index (χ0) is 20.1. The summed E-state index contributed by atoms with van der Waals surface area (Å²) < 4.78 is 1.94. The van der Waals surface area contributed by atoms with Crippen LogP contribution in [0.3, 0.4) is 0 Å². The Labute approximate surface area is 170 Å². The molecule has 5 heteroatoms. The van der Waals surface area contributed by atoms with Crippen molar-refractivity contribution < 1.29 is 4.79 Å². The standard InChI is InChI=1S/C24H24N4O/c1-18-14-15-28-22(16-18)26-21(13-12-19-8-4-2-5-9-19)23(28)27-24(29)25-17-20-10-6-3-7-11-20/h2-11,14-16H,12-13,17H2,1H3,(H2,25,27,29). The number of nitrogens with zero attached hydrogens (tertiary/aromatic N) is 2. The van der Waals surface area contributed by atoms with Crippen molar-refractivity contribution in [2.45, 2.75) is 26.3 Å². The molecule has 0 aliphatic heterocycles. The van der Waals surface area contributed by atoms with Gasteiger partial charge in [-0.2, -0.15) is 0 Å². The molecule has 0 spiro atoms. The van der Waals surface area contributed by atoms with E-state index < -0.39 is 0 Å². The van der Waals surface area contributed by atoms with Gasteiger partial charge in [-0.25, -0.2) is 9.78 Å². The number of hydrogen-bond acceptors (Lipinski definition) is 2. The second kappa shape index (κ2) is 8.61. The van der Waals surface area contributed by atoms with Crippen molar-refractivity contribution in [3.8, 4) is 0 Å². The number of fused-ring (bicyclic) bond motifs is 1. The predicted octanol–water partition coefficient (Wildman–Crippen LogP) is 4.75. The van der Waals surface area contributed by atoms with Crippen molar-refractivity contribution in [2.75, 3.05) is 5.32 Å². The zero-order valence-electron chi connectivity index (χ0n) is 16.4. The van der Waals surface area contributed by atoms with E-state index in [1.807, 2.05) is 78.2 Å². The van der Waals surface area contributed by atoms with Gasteiger partial charge in [0.25, 0.3) is 0 Å². The molecule has 0 aliphatic carbocycles. The highest BCUT2D eigenvalue weighted by Gasteiger charge is 2.15. The summed E-state index contributed by atoms with van der Waals surface area (Å²) >= 11 is 0. The summed E-state index contributed by atoms with van der Waals surface area (Å²) in [5, 5.41) is 5.93. The second-order valence-electron chi connectivity index (χ2n) is 7.12. The SMILES string of the molecule is Cc1ccn2c(NC(=O)NCc3ccccc3)c(CCc3ccccc3)nc2c1. The maximum Gasteiger partial charge on any atom is 0.320 e. The monoisotopic (exact) mass is 384 g/mol. The lowest BCUT2D eigenvalue weighted by Gasteiger charge is -2.10. The summed E-state index contributed by atoms with van der Waals surface area (Å²) in [5.74, 6) is 0.724. The molecule has 4 rings (SSSR count). The molecule has 0 saturated heterocycles. The predicted molar refractivity (Wildman–Crippen MR) is 116 cm³/mol. The lowest BCUT2D eigenvalue weighted by molar-refractivity contribution is 0.251. The number of anilines is 1. The molecule has 0 fully saturated rings. The highest BCUT2D eigenvalue weighted by molar-refractivity contribution is 5.89. The fourth-order valence-corrected chi connectivity index (χ4v) is 3.34. The number of amides is 2. The Bertz CT molecular complexity index is 1100. The molecule has 2 N–H and O–H groups in total. The van der Waals surface area contributed by atoms with Crippen molar-refractivity contribution in [3.63, 3.8) is 0 Å². The summed E-state index contributed by atoms with van der Waals surface area (Å²) in [4.78, 5) is 17.3. The van der Waals surface area contributed by atoms with Crippen LogP contribution in [-0.4, -0.2) is 15.4 Å². The Morgan fingerprint density at radius 2 is 1.62 bits per heavy atom. The fraction of sp³-hybridized carbons (Fsp3) is 0.167. The van der Waals surface area contributed by atoms with E-state index in [1.165, 1.54) is 5.56 Å². The Hall–Kier alpha value is -3.60. The number of benzene rings is 2. The van der Waals surface area contributed by atoms with E-state index in [1.54, 1.807) is 0 Å². The molecule has 0 radical (unpaired) electrons. The van der Waals surface area contributed by atoms with Crippen LogP contribution in [-0.2, 0) is 19.4 Å². The largest absolute Gasteiger partial charge is 0.334 e. The number of pyridine rings is 1. The maximum absolute atomic E-state index is 12.6. The first kappa shape index (κ1) is 18.7. The smallest absolute Gasteiger partial charge is 0.320 e. The van der Waals surface area contributed by atoms with Gasteiger partial charge in [0.15, 0.2) is 0 Å². The van der Waals surface area contributed by atoms with Crippen LogP contribution in [0.2, 0.25) is 0 Å². The first-order chi connectivity index (χ1) is 14.2. The van der Waals surface area contributed by atoms with Gasteiger partial charge in [0, 0.05) is 12.7 Å². The first-order valence-electron chi connectivity index (χ1n) is 9.79. The number of carbonyl (C=O) groups is 1. The van der Waals surface area contributed by atoms with Crippen molar-refractivity contribution in [1.29, 1.82) is 0 Å². The molecule has 5 nitrogen and oxygen atoms in total. The number of imidazole rings is 1. The minimum Gasteiger partial charge on any atom is -0.334 e. The quantitative estimate of drug-likeness (QED) is 0.504. The second-order valence-corrected chi connectivity index (χ2v) is 7.12. The number of aromatic nitrogens is 2. The van der Waals surface area contributed by atoms with Gasteiger partial charge in [0.1, 0.15) is 11.5 Å². The molecule has 0 bridgehead atoms. The Balaban J connectivity index is 1.53. The van der Waals surface area contributed by atoms with E-state index in [9.17, 15) is 4.79 Å². The molecular weight excluding hydrogens is 360 g/mol. The van der Waals surface area contributed by atoms with Crippen LogP contribution in [0.4, 0.5) is 10.6 Å². The van der Waals surface area contributed by atoms with Gasteiger partial charge in [-0.1, -0.05) is 60.7 Å². The summed E-state index contributed by atoms with van der Waals surface area (Å²) in [6, 6.07) is 24.0. The number of nitrogens with one attached hydrogen (secondary N) is 2. The maximum atomic E-state index is 12.6. The number of carbonyl (C=O) groups excluding carboxylic acids is 1. The Morgan fingerprint density at radius 1 is 0.931 bits per heavy atom. The van der Waals surface area contributed by atoms with Gasteiger partial charge in [-0.3, -0.25) is 9.72 Å². The molecule has 2 amide bonds. The van der Waals surface area contributed by atoms with E-state index in [0.29, 0.717) is 6.54 Å². The van der Waals surface area contributed by atoms with Crippen molar-refractivity contribution in [2.24, 2.45) is 0 Å². The molecule has 0 aliphatic rings. The third kappa shape index (κ3) is 4.63. The van der Waals surface area contributed by atoms with E-state index in [-0.39, 0.29) is 6.03 Å². The molecule has 4 aromatic rings. The van der Waals surface area contributed by atoms with Crippen LogP contribution < -0.4 is 10.6 Å². The molecule has 0 saturated carbocycles. The number of aryl methyl sites for hydroxylation is 3. The minimum absolute atomic E-state index is 0.239. The fourth-order valence-electron chi connectivity index (χ4n) is 3.34. The number of rotatable bonds is 6. The lowest BCUT2D eigenvalue weighted by Crippen LogP contribution is -2.29.